The highest BCUT2D eigenvalue weighted by molar-refractivity contribution is 6.42. The first kappa shape index (κ1) is 8.60. The van der Waals surface area contributed by atoms with Gasteiger partial charge in [-0.3, -0.25) is 4.98 Å². The van der Waals surface area contributed by atoms with Crippen molar-refractivity contribution in [3.63, 3.8) is 0 Å². The van der Waals surface area contributed by atoms with Crippen LogP contribution >= 0.6 is 23.2 Å². The Hall–Kier alpha value is -0.990. The molecule has 0 bridgehead atoms. The summed E-state index contributed by atoms with van der Waals surface area (Å²) in [6, 6.07) is 4.72. The molecule has 0 spiro atoms. The number of fused-ring (bicyclic) bond motifs is 1. The molecule has 0 aliphatic heterocycles. The van der Waals surface area contributed by atoms with Crippen molar-refractivity contribution < 1.29 is 5.11 Å². The summed E-state index contributed by atoms with van der Waals surface area (Å²) in [6.07, 6.45) is 1.53. The van der Waals surface area contributed by atoms with E-state index in [1.54, 1.807) is 12.1 Å². The third-order valence-electron chi connectivity index (χ3n) is 1.77. The lowest BCUT2D eigenvalue weighted by Gasteiger charge is -2.03. The average Bonchev–Trinajstić information content (AvgIpc) is 2.12. The summed E-state index contributed by atoms with van der Waals surface area (Å²) in [5.41, 5.74) is 0.431. The van der Waals surface area contributed by atoms with Crippen LogP contribution in [0.2, 0.25) is 10.0 Å². The normalized spacial score (nSPS) is 10.6. The van der Waals surface area contributed by atoms with Gasteiger partial charge in [0.2, 0.25) is 0 Å². The SMILES string of the molecule is Oc1ccc(Cl)c2c(Cl)ccnc12. The molecular weight excluding hydrogens is 209 g/mol. The number of hydrogen-bond acceptors (Lipinski definition) is 2. The summed E-state index contributed by atoms with van der Waals surface area (Å²) in [4.78, 5) is 3.98. The fourth-order valence-corrected chi connectivity index (χ4v) is 1.72. The van der Waals surface area contributed by atoms with Gasteiger partial charge in [-0.05, 0) is 18.2 Å². The molecule has 0 unspecified atom stereocenters. The molecule has 4 heteroatoms. The van der Waals surface area contributed by atoms with E-state index in [1.807, 2.05) is 0 Å². The summed E-state index contributed by atoms with van der Waals surface area (Å²) >= 11 is 11.8. The molecule has 0 radical (unpaired) electrons. The van der Waals surface area contributed by atoms with E-state index in [1.165, 1.54) is 12.3 Å². The van der Waals surface area contributed by atoms with Crippen LogP contribution in [0.25, 0.3) is 10.9 Å². The first-order valence-electron chi connectivity index (χ1n) is 3.62. The number of hydrogen-bond donors (Lipinski definition) is 1. The standard InChI is InChI=1S/C9H5Cl2NO/c10-5-1-2-7(13)9-8(5)6(11)3-4-12-9/h1-4,13H. The number of halogens is 2. The number of rotatable bonds is 0. The van der Waals surface area contributed by atoms with Crippen LogP contribution in [0.5, 0.6) is 5.75 Å². The molecule has 13 heavy (non-hydrogen) atoms. The Labute approximate surface area is 84.7 Å². The zero-order chi connectivity index (χ0) is 9.42. The maximum atomic E-state index is 9.44. The highest BCUT2D eigenvalue weighted by Gasteiger charge is 2.07. The summed E-state index contributed by atoms with van der Waals surface area (Å²) in [5, 5.41) is 11.0. The van der Waals surface area contributed by atoms with E-state index in [0.717, 1.165) is 0 Å². The van der Waals surface area contributed by atoms with Gasteiger partial charge in [-0.25, -0.2) is 0 Å². The second-order valence-electron chi connectivity index (χ2n) is 2.58. The molecule has 66 valence electrons. The molecule has 1 heterocycles. The van der Waals surface area contributed by atoms with Crippen molar-refractivity contribution in [2.75, 3.05) is 0 Å². The lowest BCUT2D eigenvalue weighted by Crippen LogP contribution is -1.81. The molecule has 0 amide bonds. The maximum absolute atomic E-state index is 9.44. The number of pyridine rings is 1. The summed E-state index contributed by atoms with van der Waals surface area (Å²) < 4.78 is 0. The molecule has 0 fully saturated rings. The van der Waals surface area contributed by atoms with Gasteiger partial charge in [-0.1, -0.05) is 23.2 Å². The number of nitrogens with zero attached hydrogens (tertiary/aromatic N) is 1. The average molecular weight is 214 g/mol. The largest absolute Gasteiger partial charge is 0.506 e. The summed E-state index contributed by atoms with van der Waals surface area (Å²) in [6.45, 7) is 0. The van der Waals surface area contributed by atoms with Gasteiger partial charge < -0.3 is 5.11 Å². The minimum atomic E-state index is 0.0851. The number of phenolic OH excluding ortho intramolecular Hbond substituents is 1. The van der Waals surface area contributed by atoms with Crippen LogP contribution in [-0.2, 0) is 0 Å². The van der Waals surface area contributed by atoms with Gasteiger partial charge in [0.1, 0.15) is 11.3 Å². The van der Waals surface area contributed by atoms with Gasteiger partial charge in [0.05, 0.1) is 10.0 Å². The lowest BCUT2D eigenvalue weighted by atomic mass is 10.2. The first-order valence-corrected chi connectivity index (χ1v) is 4.37. The molecule has 2 rings (SSSR count). The Balaban J connectivity index is 3.00. The quantitative estimate of drug-likeness (QED) is 0.730. The van der Waals surface area contributed by atoms with E-state index in [9.17, 15) is 5.11 Å². The zero-order valence-electron chi connectivity index (χ0n) is 6.46. The maximum Gasteiger partial charge on any atom is 0.141 e. The van der Waals surface area contributed by atoms with Gasteiger partial charge in [0.15, 0.2) is 0 Å². The molecular formula is C9H5Cl2NO. The first-order chi connectivity index (χ1) is 6.20. The summed E-state index contributed by atoms with van der Waals surface area (Å²) in [5.74, 6) is 0.0851. The Bertz CT molecular complexity index is 462. The summed E-state index contributed by atoms with van der Waals surface area (Å²) in [7, 11) is 0. The Morgan fingerprint density at radius 1 is 1.08 bits per heavy atom. The molecule has 2 nitrogen and oxygen atoms in total. The van der Waals surface area contributed by atoms with Crippen LogP contribution in [0.4, 0.5) is 0 Å². The van der Waals surface area contributed by atoms with Gasteiger partial charge in [0, 0.05) is 11.6 Å². The number of aromatic nitrogens is 1. The van der Waals surface area contributed by atoms with Gasteiger partial charge in [-0.2, -0.15) is 0 Å². The van der Waals surface area contributed by atoms with Crippen molar-refractivity contribution in [2.45, 2.75) is 0 Å². The lowest BCUT2D eigenvalue weighted by molar-refractivity contribution is 0.480. The van der Waals surface area contributed by atoms with E-state index in [-0.39, 0.29) is 5.75 Å². The van der Waals surface area contributed by atoms with Crippen LogP contribution in [-0.4, -0.2) is 10.1 Å². The van der Waals surface area contributed by atoms with E-state index in [0.29, 0.717) is 20.9 Å². The van der Waals surface area contributed by atoms with Crippen LogP contribution in [0.1, 0.15) is 0 Å². The number of aromatic hydroxyl groups is 1. The van der Waals surface area contributed by atoms with Crippen molar-refractivity contribution >= 4 is 34.1 Å². The predicted molar refractivity (Wildman–Crippen MR) is 53.4 cm³/mol. The molecule has 1 aromatic heterocycles. The highest BCUT2D eigenvalue weighted by Crippen LogP contribution is 2.33. The second kappa shape index (κ2) is 3.05. The number of benzene rings is 1. The molecule has 0 saturated carbocycles. The van der Waals surface area contributed by atoms with Crippen LogP contribution in [0, 0.1) is 0 Å². The van der Waals surface area contributed by atoms with Gasteiger partial charge in [0.25, 0.3) is 0 Å². The molecule has 2 aromatic rings. The predicted octanol–water partition coefficient (Wildman–Crippen LogP) is 3.25. The van der Waals surface area contributed by atoms with Gasteiger partial charge >= 0.3 is 0 Å². The van der Waals surface area contributed by atoms with E-state index < -0.39 is 0 Å². The van der Waals surface area contributed by atoms with Crippen molar-refractivity contribution in [3.05, 3.63) is 34.4 Å². The Morgan fingerprint density at radius 3 is 2.46 bits per heavy atom. The zero-order valence-corrected chi connectivity index (χ0v) is 7.97. The fraction of sp³-hybridized carbons (Fsp3) is 0. The molecule has 0 saturated heterocycles. The number of phenols is 1. The second-order valence-corrected chi connectivity index (χ2v) is 3.40. The third kappa shape index (κ3) is 1.32. The smallest absolute Gasteiger partial charge is 0.141 e. The highest BCUT2D eigenvalue weighted by atomic mass is 35.5. The van der Waals surface area contributed by atoms with Crippen molar-refractivity contribution in [1.29, 1.82) is 0 Å². The fourth-order valence-electron chi connectivity index (χ4n) is 1.17. The minimum absolute atomic E-state index is 0.0851. The van der Waals surface area contributed by atoms with Gasteiger partial charge in [-0.15, -0.1) is 0 Å². The van der Waals surface area contributed by atoms with E-state index in [2.05, 4.69) is 4.98 Å². The Morgan fingerprint density at radius 2 is 1.77 bits per heavy atom. The van der Waals surface area contributed by atoms with Crippen LogP contribution < -0.4 is 0 Å². The molecule has 0 aliphatic carbocycles. The monoisotopic (exact) mass is 213 g/mol. The van der Waals surface area contributed by atoms with Crippen molar-refractivity contribution in [1.82, 2.24) is 4.98 Å². The molecule has 1 aromatic carbocycles. The molecule has 1 N–H and O–H groups in total. The van der Waals surface area contributed by atoms with Crippen molar-refractivity contribution in [2.24, 2.45) is 0 Å². The molecule has 0 atom stereocenters. The van der Waals surface area contributed by atoms with Crippen molar-refractivity contribution in [3.8, 4) is 5.75 Å². The third-order valence-corrected chi connectivity index (χ3v) is 2.40. The molecule has 0 aliphatic rings. The van der Waals surface area contributed by atoms with E-state index >= 15 is 0 Å². The van der Waals surface area contributed by atoms with E-state index in [4.69, 9.17) is 23.2 Å². The minimum Gasteiger partial charge on any atom is -0.506 e. The van der Waals surface area contributed by atoms with Crippen LogP contribution in [0.3, 0.4) is 0 Å². The van der Waals surface area contributed by atoms with Crippen LogP contribution in [0.15, 0.2) is 24.4 Å². The topological polar surface area (TPSA) is 33.1 Å². The Kier molecular flexibility index (Phi) is 2.02.